The van der Waals surface area contributed by atoms with Crippen LogP contribution in [0.25, 0.3) is 0 Å². The molecule has 18 heavy (non-hydrogen) atoms. The second-order valence-electron chi connectivity index (χ2n) is 4.02. The van der Waals surface area contributed by atoms with E-state index >= 15 is 0 Å². The molecule has 2 rings (SSSR count). The highest BCUT2D eigenvalue weighted by molar-refractivity contribution is 8.15. The summed E-state index contributed by atoms with van der Waals surface area (Å²) in [5.74, 6) is 0.244. The fourth-order valence-corrected chi connectivity index (χ4v) is 2.22. The average Bonchev–Trinajstić information content (AvgIpc) is 2.39. The third kappa shape index (κ3) is 2.70. The van der Waals surface area contributed by atoms with E-state index in [1.165, 1.54) is 16.7 Å². The van der Waals surface area contributed by atoms with Crippen molar-refractivity contribution < 1.29 is 9.59 Å². The lowest BCUT2D eigenvalue weighted by molar-refractivity contribution is -0.118. The molecule has 1 aliphatic rings. The van der Waals surface area contributed by atoms with Crippen LogP contribution in [0.1, 0.15) is 15.9 Å². The molecule has 1 aromatic carbocycles. The minimum absolute atomic E-state index is 0.0342. The van der Waals surface area contributed by atoms with E-state index in [4.69, 9.17) is 0 Å². The number of benzene rings is 1. The van der Waals surface area contributed by atoms with Gasteiger partial charge in [-0.3, -0.25) is 9.59 Å². The Morgan fingerprint density at radius 3 is 2.50 bits per heavy atom. The third-order valence-corrected chi connectivity index (χ3v) is 3.41. The van der Waals surface area contributed by atoms with Gasteiger partial charge in [-0.15, -0.1) is 0 Å². The molecular formula is C12H13N3O2S. The topological polar surface area (TPSA) is 61.8 Å². The summed E-state index contributed by atoms with van der Waals surface area (Å²) in [7, 11) is 3.43. The number of nitrogens with zero attached hydrogens (tertiary/aromatic N) is 2. The van der Waals surface area contributed by atoms with Crippen LogP contribution in [0.2, 0.25) is 0 Å². The van der Waals surface area contributed by atoms with E-state index in [0.717, 1.165) is 10.6 Å². The molecule has 0 fully saturated rings. The van der Waals surface area contributed by atoms with Crippen molar-refractivity contribution in [2.75, 3.05) is 19.8 Å². The SMILES string of the molecule is CN(C)C(=O)c1ccc(C2=NNC(=O)CS2)cc1. The third-order valence-electron chi connectivity index (χ3n) is 2.41. The monoisotopic (exact) mass is 263 g/mol. The number of amides is 2. The number of nitrogens with one attached hydrogen (secondary N) is 1. The van der Waals surface area contributed by atoms with Crippen molar-refractivity contribution in [2.45, 2.75) is 0 Å². The van der Waals surface area contributed by atoms with E-state index in [1.807, 2.05) is 12.1 Å². The van der Waals surface area contributed by atoms with Gasteiger partial charge >= 0.3 is 0 Å². The molecule has 0 atom stereocenters. The van der Waals surface area contributed by atoms with Crippen LogP contribution in [-0.2, 0) is 4.79 Å². The molecule has 94 valence electrons. The molecule has 1 aliphatic heterocycles. The molecule has 6 heteroatoms. The summed E-state index contributed by atoms with van der Waals surface area (Å²) in [5.41, 5.74) is 3.97. The lowest BCUT2D eigenvalue weighted by atomic mass is 10.1. The van der Waals surface area contributed by atoms with Crippen LogP contribution < -0.4 is 5.43 Å². The van der Waals surface area contributed by atoms with Gasteiger partial charge in [0.05, 0.1) is 5.75 Å². The minimum Gasteiger partial charge on any atom is -0.345 e. The molecule has 0 aliphatic carbocycles. The number of hydrogen-bond donors (Lipinski definition) is 1. The molecule has 5 nitrogen and oxygen atoms in total. The van der Waals surface area contributed by atoms with E-state index in [2.05, 4.69) is 10.5 Å². The van der Waals surface area contributed by atoms with Gasteiger partial charge in [-0.05, 0) is 12.1 Å². The first-order valence-electron chi connectivity index (χ1n) is 5.39. The molecule has 1 heterocycles. The van der Waals surface area contributed by atoms with E-state index in [-0.39, 0.29) is 11.8 Å². The molecule has 0 spiro atoms. The number of carbonyl (C=O) groups is 2. The molecule has 0 saturated heterocycles. The number of thioether (sulfide) groups is 1. The van der Waals surface area contributed by atoms with Gasteiger partial charge in [0, 0.05) is 25.2 Å². The first kappa shape index (κ1) is 12.6. The Hall–Kier alpha value is -1.82. The van der Waals surface area contributed by atoms with Gasteiger partial charge in [0.2, 0.25) is 0 Å². The zero-order valence-electron chi connectivity index (χ0n) is 10.1. The van der Waals surface area contributed by atoms with Gasteiger partial charge < -0.3 is 4.90 Å². The maximum atomic E-state index is 11.7. The summed E-state index contributed by atoms with van der Waals surface area (Å²) in [6, 6.07) is 7.19. The van der Waals surface area contributed by atoms with Crippen molar-refractivity contribution in [1.29, 1.82) is 0 Å². The fourth-order valence-electron chi connectivity index (χ4n) is 1.47. The van der Waals surface area contributed by atoms with Crippen molar-refractivity contribution in [2.24, 2.45) is 5.10 Å². The Bertz CT molecular complexity index is 509. The Morgan fingerprint density at radius 2 is 2.00 bits per heavy atom. The van der Waals surface area contributed by atoms with E-state index in [0.29, 0.717) is 11.3 Å². The second-order valence-corrected chi connectivity index (χ2v) is 4.98. The van der Waals surface area contributed by atoms with Gasteiger partial charge in [-0.2, -0.15) is 5.10 Å². The molecule has 0 radical (unpaired) electrons. The molecule has 1 N–H and O–H groups in total. The van der Waals surface area contributed by atoms with Crippen LogP contribution in [0.3, 0.4) is 0 Å². The molecule has 0 bridgehead atoms. The van der Waals surface area contributed by atoms with Gasteiger partial charge in [-0.1, -0.05) is 23.9 Å². The first-order valence-corrected chi connectivity index (χ1v) is 6.38. The highest BCUT2D eigenvalue weighted by atomic mass is 32.2. The molecule has 0 aromatic heterocycles. The number of carbonyl (C=O) groups excluding carboxylic acids is 2. The minimum atomic E-state index is -0.0943. The van der Waals surface area contributed by atoms with Gasteiger partial charge in [0.1, 0.15) is 5.04 Å². The quantitative estimate of drug-likeness (QED) is 0.863. The number of hydrogen-bond acceptors (Lipinski definition) is 4. The lowest BCUT2D eigenvalue weighted by Crippen LogP contribution is -2.26. The number of hydrazone groups is 1. The highest BCUT2D eigenvalue weighted by Crippen LogP contribution is 2.17. The summed E-state index contributed by atoms with van der Waals surface area (Å²) >= 11 is 1.39. The second kappa shape index (κ2) is 5.22. The maximum absolute atomic E-state index is 11.7. The summed E-state index contributed by atoms with van der Waals surface area (Å²) in [5, 5.41) is 4.74. The first-order chi connectivity index (χ1) is 8.58. The molecular weight excluding hydrogens is 250 g/mol. The van der Waals surface area contributed by atoms with E-state index < -0.39 is 0 Å². The normalized spacial score (nSPS) is 14.8. The summed E-state index contributed by atoms with van der Waals surface area (Å²) in [4.78, 5) is 24.2. The fraction of sp³-hybridized carbons (Fsp3) is 0.250. The Balaban J connectivity index is 2.18. The largest absolute Gasteiger partial charge is 0.345 e. The van der Waals surface area contributed by atoms with Crippen LogP contribution >= 0.6 is 11.8 Å². The van der Waals surface area contributed by atoms with Crippen LogP contribution in [0.15, 0.2) is 29.4 Å². The summed E-state index contributed by atoms with van der Waals surface area (Å²) < 4.78 is 0. The predicted octanol–water partition coefficient (Wildman–Crippen LogP) is 0.913. The smallest absolute Gasteiger partial charge is 0.253 e. The van der Waals surface area contributed by atoms with Crippen molar-refractivity contribution in [3.63, 3.8) is 0 Å². The lowest BCUT2D eigenvalue weighted by Gasteiger charge is -2.13. The van der Waals surface area contributed by atoms with E-state index in [9.17, 15) is 9.59 Å². The standard InChI is InChI=1S/C12H13N3O2S/c1-15(2)12(17)9-5-3-8(4-6-9)11-14-13-10(16)7-18-11/h3-6H,7H2,1-2H3,(H,13,16). The van der Waals surface area contributed by atoms with Crippen molar-refractivity contribution in [1.82, 2.24) is 10.3 Å². The van der Waals surface area contributed by atoms with Crippen LogP contribution in [0.4, 0.5) is 0 Å². The Kier molecular flexibility index (Phi) is 3.66. The maximum Gasteiger partial charge on any atom is 0.253 e. The molecule has 1 aromatic rings. The van der Waals surface area contributed by atoms with Crippen molar-refractivity contribution in [3.8, 4) is 0 Å². The number of rotatable bonds is 2. The van der Waals surface area contributed by atoms with Crippen LogP contribution in [0, 0.1) is 0 Å². The summed E-state index contributed by atoms with van der Waals surface area (Å²) in [6.07, 6.45) is 0. The molecule has 0 saturated carbocycles. The average molecular weight is 263 g/mol. The Labute approximate surface area is 109 Å². The predicted molar refractivity (Wildman–Crippen MR) is 71.6 cm³/mol. The van der Waals surface area contributed by atoms with Gasteiger partial charge in [0.15, 0.2) is 0 Å². The van der Waals surface area contributed by atoms with Crippen molar-refractivity contribution >= 4 is 28.6 Å². The van der Waals surface area contributed by atoms with Gasteiger partial charge in [0.25, 0.3) is 11.8 Å². The Morgan fingerprint density at radius 1 is 1.33 bits per heavy atom. The van der Waals surface area contributed by atoms with Crippen molar-refractivity contribution in [3.05, 3.63) is 35.4 Å². The molecule has 2 amide bonds. The van der Waals surface area contributed by atoms with Crippen LogP contribution in [0.5, 0.6) is 0 Å². The summed E-state index contributed by atoms with van der Waals surface area (Å²) in [6.45, 7) is 0. The van der Waals surface area contributed by atoms with Gasteiger partial charge in [-0.25, -0.2) is 5.43 Å². The molecule has 0 unspecified atom stereocenters. The highest BCUT2D eigenvalue weighted by Gasteiger charge is 2.14. The zero-order valence-corrected chi connectivity index (χ0v) is 11.0. The van der Waals surface area contributed by atoms with Crippen LogP contribution in [-0.4, -0.2) is 41.6 Å². The van der Waals surface area contributed by atoms with E-state index in [1.54, 1.807) is 26.2 Å². The zero-order chi connectivity index (χ0) is 13.1.